The van der Waals surface area contributed by atoms with Crippen molar-refractivity contribution in [2.75, 3.05) is 0 Å². The van der Waals surface area contributed by atoms with Crippen LogP contribution in [0.15, 0.2) is 30.3 Å². The van der Waals surface area contributed by atoms with Crippen molar-refractivity contribution in [1.29, 1.82) is 0 Å². The summed E-state index contributed by atoms with van der Waals surface area (Å²) >= 11 is 5.06. The zero-order valence-electron chi connectivity index (χ0n) is 8.00. The molecule has 2 aromatic rings. The first-order chi connectivity index (χ1) is 7.36. The Balaban J connectivity index is 1.86. The molecule has 1 fully saturated rings. The Bertz CT molecular complexity index is 515. The minimum atomic E-state index is 0.412. The molecule has 5 heteroatoms. The molecule has 15 heavy (non-hydrogen) atoms. The van der Waals surface area contributed by atoms with Gasteiger partial charge in [0.2, 0.25) is 4.77 Å². The van der Waals surface area contributed by atoms with E-state index < -0.39 is 0 Å². The molecule has 1 saturated carbocycles. The highest BCUT2D eigenvalue weighted by Gasteiger charge is 2.40. The zero-order chi connectivity index (χ0) is 10.3. The van der Waals surface area contributed by atoms with Gasteiger partial charge in [-0.15, -0.1) is 0 Å². The normalized spacial score (nSPS) is 24.0. The first kappa shape index (κ1) is 8.79. The molecule has 0 spiro atoms. The second kappa shape index (κ2) is 3.27. The lowest BCUT2D eigenvalue weighted by atomic mass is 10.1. The van der Waals surface area contributed by atoms with Gasteiger partial charge in [0.1, 0.15) is 0 Å². The van der Waals surface area contributed by atoms with Crippen LogP contribution in [0.3, 0.4) is 0 Å². The fraction of sp³-hybridized carbons (Fsp3) is 0.300. The van der Waals surface area contributed by atoms with Gasteiger partial charge in [0, 0.05) is 5.92 Å². The summed E-state index contributed by atoms with van der Waals surface area (Å²) in [6.07, 6.45) is 1.11. The standard InChI is InChI=1S/C10H10N4S/c15-10-11-12-13-14(10)9-6-8(9)7-4-2-1-3-5-7/h1-5,8-9H,6H2,(H,11,13,15). The van der Waals surface area contributed by atoms with Crippen LogP contribution >= 0.6 is 12.2 Å². The van der Waals surface area contributed by atoms with E-state index in [4.69, 9.17) is 12.2 Å². The fourth-order valence-electron chi connectivity index (χ4n) is 1.95. The van der Waals surface area contributed by atoms with E-state index in [0.717, 1.165) is 6.42 Å². The molecule has 0 aliphatic heterocycles. The summed E-state index contributed by atoms with van der Waals surface area (Å²) in [7, 11) is 0. The van der Waals surface area contributed by atoms with E-state index in [9.17, 15) is 0 Å². The smallest absolute Gasteiger partial charge is 0.238 e. The number of aromatic nitrogens is 4. The molecular weight excluding hydrogens is 208 g/mol. The van der Waals surface area contributed by atoms with E-state index in [2.05, 4.69) is 39.8 Å². The molecular formula is C10H10N4S. The van der Waals surface area contributed by atoms with Gasteiger partial charge in [-0.2, -0.15) is 5.21 Å². The summed E-state index contributed by atoms with van der Waals surface area (Å²) in [5.74, 6) is 0.556. The number of aromatic amines is 1. The van der Waals surface area contributed by atoms with Crippen LogP contribution in [0.4, 0.5) is 0 Å². The lowest BCUT2D eigenvalue weighted by Crippen LogP contribution is -1.98. The molecule has 0 amide bonds. The first-order valence-corrected chi connectivity index (χ1v) is 5.31. The predicted octanol–water partition coefficient (Wildman–Crippen LogP) is 2.06. The lowest BCUT2D eigenvalue weighted by Gasteiger charge is -1.99. The highest BCUT2D eigenvalue weighted by atomic mass is 32.1. The van der Waals surface area contributed by atoms with Gasteiger partial charge in [-0.25, -0.2) is 4.68 Å². The predicted molar refractivity (Wildman–Crippen MR) is 58.0 cm³/mol. The molecule has 1 heterocycles. The van der Waals surface area contributed by atoms with Crippen LogP contribution in [0.2, 0.25) is 0 Å². The van der Waals surface area contributed by atoms with Gasteiger partial charge in [0.05, 0.1) is 6.04 Å². The van der Waals surface area contributed by atoms with Gasteiger partial charge in [-0.1, -0.05) is 40.6 Å². The number of nitrogens with zero attached hydrogens (tertiary/aromatic N) is 3. The number of nitrogens with one attached hydrogen (secondary N) is 1. The van der Waals surface area contributed by atoms with E-state index >= 15 is 0 Å². The van der Waals surface area contributed by atoms with Crippen molar-refractivity contribution in [3.05, 3.63) is 40.7 Å². The Morgan fingerprint density at radius 2 is 2.13 bits per heavy atom. The molecule has 0 bridgehead atoms. The highest BCUT2D eigenvalue weighted by Crippen LogP contribution is 2.50. The Hall–Kier alpha value is -1.49. The summed E-state index contributed by atoms with van der Waals surface area (Å²) < 4.78 is 2.41. The molecule has 1 aliphatic carbocycles. The first-order valence-electron chi connectivity index (χ1n) is 4.91. The van der Waals surface area contributed by atoms with E-state index in [0.29, 0.717) is 16.7 Å². The minimum Gasteiger partial charge on any atom is -0.239 e. The summed E-state index contributed by atoms with van der Waals surface area (Å²) in [5, 5.41) is 10.3. The van der Waals surface area contributed by atoms with Crippen molar-refractivity contribution in [1.82, 2.24) is 20.2 Å². The highest BCUT2D eigenvalue weighted by molar-refractivity contribution is 7.71. The average Bonchev–Trinajstić information content (AvgIpc) is 2.96. The molecule has 0 radical (unpaired) electrons. The van der Waals surface area contributed by atoms with Crippen LogP contribution in [-0.2, 0) is 0 Å². The third kappa shape index (κ3) is 1.48. The molecule has 2 unspecified atom stereocenters. The molecule has 1 aromatic heterocycles. The lowest BCUT2D eigenvalue weighted by molar-refractivity contribution is 0.590. The maximum absolute atomic E-state index is 5.06. The summed E-state index contributed by atoms with van der Waals surface area (Å²) in [5.41, 5.74) is 1.36. The fourth-order valence-corrected chi connectivity index (χ4v) is 2.16. The number of rotatable bonds is 2. The van der Waals surface area contributed by atoms with Gasteiger partial charge in [0.15, 0.2) is 0 Å². The third-order valence-electron chi connectivity index (χ3n) is 2.81. The van der Waals surface area contributed by atoms with Gasteiger partial charge in [-0.05, 0) is 24.2 Å². The van der Waals surface area contributed by atoms with Crippen molar-refractivity contribution >= 4 is 12.2 Å². The Morgan fingerprint density at radius 1 is 1.33 bits per heavy atom. The van der Waals surface area contributed by atoms with Crippen molar-refractivity contribution < 1.29 is 0 Å². The molecule has 3 rings (SSSR count). The molecule has 2 atom stereocenters. The topological polar surface area (TPSA) is 46.5 Å². The minimum absolute atomic E-state index is 0.412. The molecule has 76 valence electrons. The van der Waals surface area contributed by atoms with Crippen LogP contribution in [0, 0.1) is 4.77 Å². The van der Waals surface area contributed by atoms with Crippen molar-refractivity contribution in [2.24, 2.45) is 0 Å². The molecule has 1 aromatic carbocycles. The molecule has 0 saturated heterocycles. The maximum Gasteiger partial charge on any atom is 0.238 e. The van der Waals surface area contributed by atoms with E-state index in [1.54, 1.807) is 0 Å². The van der Waals surface area contributed by atoms with Crippen molar-refractivity contribution in [2.45, 2.75) is 18.4 Å². The summed E-state index contributed by atoms with van der Waals surface area (Å²) in [6.45, 7) is 0. The third-order valence-corrected chi connectivity index (χ3v) is 3.09. The number of hydrogen-bond acceptors (Lipinski definition) is 3. The monoisotopic (exact) mass is 218 g/mol. The Kier molecular flexibility index (Phi) is 1.92. The van der Waals surface area contributed by atoms with Crippen molar-refractivity contribution in [3.8, 4) is 0 Å². The zero-order valence-corrected chi connectivity index (χ0v) is 8.81. The molecule has 1 N–H and O–H groups in total. The van der Waals surface area contributed by atoms with Gasteiger partial charge in [-0.3, -0.25) is 0 Å². The van der Waals surface area contributed by atoms with E-state index in [1.165, 1.54) is 5.56 Å². The largest absolute Gasteiger partial charge is 0.239 e. The van der Waals surface area contributed by atoms with Crippen LogP contribution in [0.5, 0.6) is 0 Å². The second-order valence-corrected chi connectivity index (χ2v) is 4.14. The molecule has 4 nitrogen and oxygen atoms in total. The van der Waals surface area contributed by atoms with Crippen LogP contribution < -0.4 is 0 Å². The summed E-state index contributed by atoms with van der Waals surface area (Å²) in [6, 6.07) is 10.9. The molecule has 1 aliphatic rings. The second-order valence-electron chi connectivity index (χ2n) is 3.77. The Labute approximate surface area is 91.9 Å². The van der Waals surface area contributed by atoms with Crippen LogP contribution in [0.25, 0.3) is 0 Å². The summed E-state index contributed by atoms with van der Waals surface area (Å²) in [4.78, 5) is 0. The SMILES string of the molecule is S=c1nn[nH]n1C1CC1c1ccccc1. The van der Waals surface area contributed by atoms with Crippen LogP contribution in [0.1, 0.15) is 23.9 Å². The quantitative estimate of drug-likeness (QED) is 0.785. The number of benzene rings is 1. The average molecular weight is 218 g/mol. The van der Waals surface area contributed by atoms with Gasteiger partial charge in [0.25, 0.3) is 0 Å². The van der Waals surface area contributed by atoms with Crippen molar-refractivity contribution in [3.63, 3.8) is 0 Å². The van der Waals surface area contributed by atoms with E-state index in [-0.39, 0.29) is 0 Å². The van der Waals surface area contributed by atoms with Gasteiger partial charge >= 0.3 is 0 Å². The van der Waals surface area contributed by atoms with Gasteiger partial charge < -0.3 is 0 Å². The number of tetrazole rings is 1. The Morgan fingerprint density at radius 3 is 2.80 bits per heavy atom. The maximum atomic E-state index is 5.06. The number of hydrogen-bond donors (Lipinski definition) is 1. The number of H-pyrrole nitrogens is 1. The van der Waals surface area contributed by atoms with Crippen LogP contribution in [-0.4, -0.2) is 20.2 Å². The van der Waals surface area contributed by atoms with E-state index in [1.807, 2.05) is 10.7 Å².